The highest BCUT2D eigenvalue weighted by Crippen LogP contribution is 2.25. The summed E-state index contributed by atoms with van der Waals surface area (Å²) in [6.07, 6.45) is 2.94. The van der Waals surface area contributed by atoms with E-state index in [-0.39, 0.29) is 29.9 Å². The molecule has 136 valence electrons. The Kier molecular flexibility index (Phi) is 7.16. The van der Waals surface area contributed by atoms with Crippen LogP contribution >= 0.6 is 11.8 Å². The van der Waals surface area contributed by atoms with E-state index in [4.69, 9.17) is 5.11 Å². The number of rotatable bonds is 8. The molecule has 0 spiro atoms. The fourth-order valence-electron chi connectivity index (χ4n) is 2.00. The minimum atomic E-state index is -1.01. The summed E-state index contributed by atoms with van der Waals surface area (Å²) in [7, 11) is 0. The van der Waals surface area contributed by atoms with Gasteiger partial charge >= 0.3 is 5.97 Å². The number of hydrogen-bond acceptors (Lipinski definition) is 5. The van der Waals surface area contributed by atoms with E-state index in [1.807, 2.05) is 6.92 Å². The number of nitrogens with zero attached hydrogens (tertiary/aromatic N) is 1. The molecule has 0 saturated heterocycles. The first kappa shape index (κ1) is 19.5. The van der Waals surface area contributed by atoms with Gasteiger partial charge in [-0.2, -0.15) is 0 Å². The van der Waals surface area contributed by atoms with E-state index in [1.54, 1.807) is 48.8 Å². The van der Waals surface area contributed by atoms with Gasteiger partial charge in [0.25, 0.3) is 0 Å². The maximum Gasteiger partial charge on any atom is 0.303 e. The first-order valence-electron chi connectivity index (χ1n) is 7.93. The average Bonchev–Trinajstić information content (AvgIpc) is 2.62. The Labute approximate surface area is 155 Å². The van der Waals surface area contributed by atoms with Gasteiger partial charge in [0.05, 0.1) is 11.7 Å². The monoisotopic (exact) mass is 373 g/mol. The van der Waals surface area contributed by atoms with Crippen molar-refractivity contribution < 1.29 is 19.5 Å². The molecule has 0 fully saturated rings. The normalized spacial score (nSPS) is 11.4. The Morgan fingerprint density at radius 3 is 2.23 bits per heavy atom. The van der Waals surface area contributed by atoms with Crippen LogP contribution in [0.25, 0.3) is 0 Å². The third-order valence-electron chi connectivity index (χ3n) is 3.33. The molecule has 3 N–H and O–H groups in total. The third kappa shape index (κ3) is 6.56. The molecule has 0 aliphatic rings. The predicted molar refractivity (Wildman–Crippen MR) is 100 cm³/mol. The highest BCUT2D eigenvalue weighted by Gasteiger charge is 2.14. The standard InChI is InChI=1S/C18H19N3O4S/c1-12(18(25)21-14-8-10-19-11-9-14)26-15-4-2-13(3-5-15)20-16(22)6-7-17(23)24/h2-5,8-12H,6-7H2,1H3,(H,20,22)(H,23,24)(H,19,21,25). The lowest BCUT2D eigenvalue weighted by molar-refractivity contribution is -0.138. The first-order chi connectivity index (χ1) is 12.4. The molecule has 2 aromatic rings. The van der Waals surface area contributed by atoms with E-state index in [9.17, 15) is 14.4 Å². The summed E-state index contributed by atoms with van der Waals surface area (Å²) in [5.74, 6) is -1.48. The fraction of sp³-hybridized carbons (Fsp3) is 0.222. The van der Waals surface area contributed by atoms with Gasteiger partial charge < -0.3 is 15.7 Å². The number of aromatic nitrogens is 1. The van der Waals surface area contributed by atoms with Gasteiger partial charge in [-0.15, -0.1) is 11.8 Å². The Morgan fingerprint density at radius 1 is 1.00 bits per heavy atom. The van der Waals surface area contributed by atoms with Gasteiger partial charge in [-0.3, -0.25) is 19.4 Å². The average molecular weight is 373 g/mol. The summed E-state index contributed by atoms with van der Waals surface area (Å²) in [6.45, 7) is 1.81. The predicted octanol–water partition coefficient (Wildman–Crippen LogP) is 3.00. The quantitative estimate of drug-likeness (QED) is 0.614. The number of aliphatic carboxylic acids is 1. The number of pyridine rings is 1. The highest BCUT2D eigenvalue weighted by atomic mass is 32.2. The van der Waals surface area contributed by atoms with Crippen molar-refractivity contribution in [1.82, 2.24) is 4.98 Å². The Bertz CT molecular complexity index is 766. The largest absolute Gasteiger partial charge is 0.481 e. The van der Waals surface area contributed by atoms with Crippen molar-refractivity contribution >= 4 is 40.9 Å². The molecule has 7 nitrogen and oxygen atoms in total. The van der Waals surface area contributed by atoms with E-state index in [0.717, 1.165) is 4.90 Å². The Morgan fingerprint density at radius 2 is 1.62 bits per heavy atom. The van der Waals surface area contributed by atoms with E-state index in [1.165, 1.54) is 11.8 Å². The third-order valence-corrected chi connectivity index (χ3v) is 4.45. The van der Waals surface area contributed by atoms with Crippen LogP contribution in [0.1, 0.15) is 19.8 Å². The minimum Gasteiger partial charge on any atom is -0.481 e. The van der Waals surface area contributed by atoms with Gasteiger partial charge in [-0.1, -0.05) is 0 Å². The summed E-state index contributed by atoms with van der Waals surface area (Å²) in [6, 6.07) is 10.5. The number of anilines is 2. The molecular formula is C18H19N3O4S. The number of nitrogens with one attached hydrogen (secondary N) is 2. The van der Waals surface area contributed by atoms with Crippen LogP contribution in [0.2, 0.25) is 0 Å². The van der Waals surface area contributed by atoms with Crippen molar-refractivity contribution in [2.24, 2.45) is 0 Å². The molecule has 0 aliphatic carbocycles. The van der Waals surface area contributed by atoms with Gasteiger partial charge in [0, 0.05) is 35.1 Å². The molecule has 0 bridgehead atoms. The molecule has 2 amide bonds. The number of carbonyl (C=O) groups excluding carboxylic acids is 2. The molecule has 2 rings (SSSR count). The molecule has 1 unspecified atom stereocenters. The number of amides is 2. The molecule has 1 aromatic carbocycles. The lowest BCUT2D eigenvalue weighted by Crippen LogP contribution is -2.22. The van der Waals surface area contributed by atoms with Crippen molar-refractivity contribution in [2.75, 3.05) is 10.6 Å². The van der Waals surface area contributed by atoms with E-state index in [0.29, 0.717) is 11.4 Å². The lowest BCUT2D eigenvalue weighted by Gasteiger charge is -2.12. The Balaban J connectivity index is 1.85. The van der Waals surface area contributed by atoms with E-state index in [2.05, 4.69) is 15.6 Å². The maximum atomic E-state index is 12.2. The van der Waals surface area contributed by atoms with Crippen LogP contribution in [0.5, 0.6) is 0 Å². The van der Waals surface area contributed by atoms with Gasteiger partial charge in [0.2, 0.25) is 11.8 Å². The summed E-state index contributed by atoms with van der Waals surface area (Å²) >= 11 is 1.39. The number of carbonyl (C=O) groups is 3. The zero-order valence-corrected chi connectivity index (χ0v) is 15.0. The summed E-state index contributed by atoms with van der Waals surface area (Å²) in [5, 5.41) is 13.7. The van der Waals surface area contributed by atoms with Gasteiger partial charge in [-0.25, -0.2) is 0 Å². The number of benzene rings is 1. The molecule has 1 heterocycles. The van der Waals surface area contributed by atoms with Crippen LogP contribution in [-0.4, -0.2) is 33.1 Å². The smallest absolute Gasteiger partial charge is 0.303 e. The second kappa shape index (κ2) is 9.57. The van der Waals surface area contributed by atoms with E-state index < -0.39 is 5.97 Å². The van der Waals surface area contributed by atoms with Gasteiger partial charge in [0.1, 0.15) is 0 Å². The van der Waals surface area contributed by atoms with Crippen LogP contribution in [0, 0.1) is 0 Å². The topological polar surface area (TPSA) is 108 Å². The Hall–Kier alpha value is -2.87. The molecule has 1 aromatic heterocycles. The van der Waals surface area contributed by atoms with Crippen LogP contribution < -0.4 is 10.6 Å². The number of carboxylic acids is 1. The second-order valence-corrected chi connectivity index (χ2v) is 6.87. The molecule has 0 saturated carbocycles. The van der Waals surface area contributed by atoms with E-state index >= 15 is 0 Å². The molecular weight excluding hydrogens is 354 g/mol. The molecule has 0 aliphatic heterocycles. The van der Waals surface area contributed by atoms with Crippen LogP contribution in [0.15, 0.2) is 53.7 Å². The zero-order valence-electron chi connectivity index (χ0n) is 14.1. The molecule has 0 radical (unpaired) electrons. The van der Waals surface area contributed by atoms with Crippen LogP contribution in [0.4, 0.5) is 11.4 Å². The molecule has 1 atom stereocenters. The van der Waals surface area contributed by atoms with Crippen molar-refractivity contribution in [2.45, 2.75) is 29.9 Å². The van der Waals surface area contributed by atoms with Crippen molar-refractivity contribution in [3.63, 3.8) is 0 Å². The lowest BCUT2D eigenvalue weighted by atomic mass is 10.2. The number of hydrogen-bond donors (Lipinski definition) is 3. The highest BCUT2D eigenvalue weighted by molar-refractivity contribution is 8.00. The summed E-state index contributed by atoms with van der Waals surface area (Å²) in [5.41, 5.74) is 1.27. The van der Waals surface area contributed by atoms with Crippen LogP contribution in [-0.2, 0) is 14.4 Å². The summed E-state index contributed by atoms with van der Waals surface area (Å²) < 4.78 is 0. The molecule has 26 heavy (non-hydrogen) atoms. The SMILES string of the molecule is CC(Sc1ccc(NC(=O)CCC(=O)O)cc1)C(=O)Nc1ccncc1. The van der Waals surface area contributed by atoms with Crippen molar-refractivity contribution in [3.05, 3.63) is 48.8 Å². The number of carboxylic acid groups (broad SMARTS) is 1. The minimum absolute atomic E-state index is 0.0714. The first-order valence-corrected chi connectivity index (χ1v) is 8.81. The van der Waals surface area contributed by atoms with Crippen LogP contribution in [0.3, 0.4) is 0 Å². The maximum absolute atomic E-state index is 12.2. The fourth-order valence-corrected chi connectivity index (χ4v) is 2.86. The van der Waals surface area contributed by atoms with Gasteiger partial charge in [-0.05, 0) is 43.3 Å². The second-order valence-electron chi connectivity index (χ2n) is 5.45. The number of thioether (sulfide) groups is 1. The van der Waals surface area contributed by atoms with Crippen molar-refractivity contribution in [3.8, 4) is 0 Å². The van der Waals surface area contributed by atoms with Crippen molar-refractivity contribution in [1.29, 1.82) is 0 Å². The summed E-state index contributed by atoms with van der Waals surface area (Å²) in [4.78, 5) is 39.0. The molecule has 8 heteroatoms. The zero-order chi connectivity index (χ0) is 18.9. The van der Waals surface area contributed by atoms with Gasteiger partial charge in [0.15, 0.2) is 0 Å².